The van der Waals surface area contributed by atoms with Crippen LogP contribution < -0.4 is 0 Å². The summed E-state index contributed by atoms with van der Waals surface area (Å²) in [5, 5.41) is 5.13. The Kier molecular flexibility index (Phi) is 11.5. The van der Waals surface area contributed by atoms with Gasteiger partial charge in [-0.15, -0.1) is 0 Å². The predicted molar refractivity (Wildman–Crippen MR) is 260 cm³/mol. The fourth-order valence-corrected chi connectivity index (χ4v) is 8.76. The zero-order chi connectivity index (χ0) is 40.7. The molecule has 0 aromatic heterocycles. The molecule has 290 valence electrons. The third-order valence-electron chi connectivity index (χ3n) is 12.0. The molecule has 9 rings (SSSR count). The van der Waals surface area contributed by atoms with Crippen LogP contribution in [0.15, 0.2) is 212 Å². The molecule has 9 aromatic rings. The molecule has 0 aliphatic heterocycles. The van der Waals surface area contributed by atoms with Crippen molar-refractivity contribution in [2.24, 2.45) is 0 Å². The van der Waals surface area contributed by atoms with Crippen LogP contribution in [0.5, 0.6) is 0 Å². The maximum absolute atomic E-state index is 2.50. The minimum absolute atomic E-state index is 0.480. The Labute approximate surface area is 355 Å². The Morgan fingerprint density at radius 1 is 0.400 bits per heavy atom. The fourth-order valence-electron chi connectivity index (χ4n) is 8.76. The Bertz CT molecular complexity index is 2820. The lowest BCUT2D eigenvalue weighted by Gasteiger charge is -2.20. The molecule has 0 saturated heterocycles. The lowest BCUT2D eigenvalue weighted by molar-refractivity contribution is 0.625. The van der Waals surface area contributed by atoms with Gasteiger partial charge in [0.15, 0.2) is 0 Å². The summed E-state index contributed by atoms with van der Waals surface area (Å²) in [6.07, 6.45) is 8.27. The highest BCUT2D eigenvalue weighted by Crippen LogP contribution is 2.45. The Morgan fingerprint density at radius 2 is 0.767 bits per heavy atom. The molecule has 0 bridgehead atoms. The first-order valence-corrected chi connectivity index (χ1v) is 21.5. The molecule has 0 saturated carbocycles. The quantitative estimate of drug-likeness (QED) is 0.0857. The largest absolute Gasteiger partial charge is 0.0654 e. The van der Waals surface area contributed by atoms with Crippen molar-refractivity contribution in [3.63, 3.8) is 0 Å². The summed E-state index contributed by atoms with van der Waals surface area (Å²) in [6, 6.07) is 77.5. The van der Waals surface area contributed by atoms with Crippen molar-refractivity contribution in [3.8, 4) is 22.3 Å². The number of hydrogen-bond acceptors (Lipinski definition) is 0. The van der Waals surface area contributed by atoms with Crippen molar-refractivity contribution in [1.29, 1.82) is 0 Å². The number of benzene rings is 9. The van der Waals surface area contributed by atoms with Gasteiger partial charge in [-0.3, -0.25) is 0 Å². The second-order valence-electron chi connectivity index (χ2n) is 16.0. The molecule has 0 radical (unpaired) electrons. The highest BCUT2D eigenvalue weighted by atomic mass is 14.2. The van der Waals surface area contributed by atoms with E-state index in [4.69, 9.17) is 0 Å². The Hall–Kier alpha value is -7.02. The normalized spacial score (nSPS) is 11.6. The summed E-state index contributed by atoms with van der Waals surface area (Å²) in [7, 11) is 0. The summed E-state index contributed by atoms with van der Waals surface area (Å²) in [6.45, 7) is 4.68. The summed E-state index contributed by atoms with van der Waals surface area (Å²) in [5.41, 5.74) is 16.1. The number of unbranched alkanes of at least 4 members (excludes halogenated alkanes) is 1. The van der Waals surface area contributed by atoms with Crippen molar-refractivity contribution >= 4 is 44.8 Å². The molecular weight excluding hydrogens is 721 g/mol. The zero-order valence-corrected chi connectivity index (χ0v) is 34.6. The molecule has 0 aliphatic carbocycles. The molecular formula is C60H50. The van der Waals surface area contributed by atoms with E-state index in [0.29, 0.717) is 5.92 Å². The van der Waals surface area contributed by atoms with Gasteiger partial charge in [0, 0.05) is 0 Å². The van der Waals surface area contributed by atoms with Crippen LogP contribution in [0.3, 0.4) is 0 Å². The Balaban J connectivity index is 1.18. The Morgan fingerprint density at radius 3 is 1.17 bits per heavy atom. The predicted octanol–water partition coefficient (Wildman–Crippen LogP) is 16.8. The smallest absolute Gasteiger partial charge is 0.00263 e. The minimum atomic E-state index is 0.480. The molecule has 0 heteroatoms. The van der Waals surface area contributed by atoms with Gasteiger partial charge in [-0.05, 0) is 118 Å². The molecule has 1 atom stereocenters. The first-order chi connectivity index (χ1) is 29.6. The third kappa shape index (κ3) is 8.15. The summed E-state index contributed by atoms with van der Waals surface area (Å²) in [5.74, 6) is 0.480. The van der Waals surface area contributed by atoms with Crippen molar-refractivity contribution in [2.45, 2.75) is 39.0 Å². The van der Waals surface area contributed by atoms with Gasteiger partial charge in [-0.1, -0.05) is 239 Å². The standard InChI is InChI=1S/C60H50/c1-3-4-19-43(2)52-38-39-55-58(42-52)60(51-36-32-45(33-37-51)41-57(48-24-13-7-14-25-48)49-26-15-8-16-27-49)54-29-18-17-28-53(54)59(55)50-34-30-44(31-35-50)40-56(46-20-9-5-10-21-46)47-22-11-6-12-23-47/h5-18,20-43H,3-4,19H2,1-2H3. The van der Waals surface area contributed by atoms with Crippen molar-refractivity contribution in [1.82, 2.24) is 0 Å². The molecule has 0 fully saturated rings. The molecule has 0 N–H and O–H groups in total. The van der Waals surface area contributed by atoms with Crippen molar-refractivity contribution in [2.75, 3.05) is 0 Å². The van der Waals surface area contributed by atoms with Gasteiger partial charge >= 0.3 is 0 Å². The maximum Gasteiger partial charge on any atom is -0.00263 e. The van der Waals surface area contributed by atoms with Crippen LogP contribution in [-0.4, -0.2) is 0 Å². The van der Waals surface area contributed by atoms with E-state index < -0.39 is 0 Å². The minimum Gasteiger partial charge on any atom is -0.0654 e. The fraction of sp³-hybridized carbons (Fsp3) is 0.100. The molecule has 0 spiro atoms. The summed E-state index contributed by atoms with van der Waals surface area (Å²) in [4.78, 5) is 0. The van der Waals surface area contributed by atoms with E-state index in [0.717, 1.165) is 0 Å². The number of hydrogen-bond donors (Lipinski definition) is 0. The SMILES string of the molecule is CCCCC(C)c1ccc2c(-c3ccc(C=C(c4ccccc4)c4ccccc4)cc3)c3ccccc3c(-c3ccc(C=C(c4ccccc4)c4ccccc4)cc3)c2c1. The zero-order valence-electron chi connectivity index (χ0n) is 34.6. The summed E-state index contributed by atoms with van der Waals surface area (Å²) >= 11 is 0. The maximum atomic E-state index is 2.50. The van der Waals surface area contributed by atoms with Crippen LogP contribution in [-0.2, 0) is 0 Å². The van der Waals surface area contributed by atoms with Crippen LogP contribution in [0.25, 0.3) is 67.1 Å². The average molecular weight is 771 g/mol. The summed E-state index contributed by atoms with van der Waals surface area (Å²) < 4.78 is 0. The lowest BCUT2D eigenvalue weighted by atomic mass is 9.83. The first kappa shape index (κ1) is 38.5. The average Bonchev–Trinajstić information content (AvgIpc) is 3.32. The van der Waals surface area contributed by atoms with E-state index in [1.807, 2.05) is 0 Å². The van der Waals surface area contributed by atoms with Crippen LogP contribution >= 0.6 is 0 Å². The second kappa shape index (κ2) is 17.9. The van der Waals surface area contributed by atoms with E-state index in [-0.39, 0.29) is 0 Å². The molecule has 0 aliphatic rings. The first-order valence-electron chi connectivity index (χ1n) is 21.5. The van der Waals surface area contributed by atoms with Crippen molar-refractivity contribution < 1.29 is 0 Å². The monoisotopic (exact) mass is 770 g/mol. The van der Waals surface area contributed by atoms with Crippen LogP contribution in [0.1, 0.15) is 78.0 Å². The topological polar surface area (TPSA) is 0 Å². The van der Waals surface area contributed by atoms with Gasteiger partial charge in [0.1, 0.15) is 0 Å². The lowest BCUT2D eigenvalue weighted by Crippen LogP contribution is -1.96. The third-order valence-corrected chi connectivity index (χ3v) is 12.0. The number of fused-ring (bicyclic) bond motifs is 2. The van der Waals surface area contributed by atoms with Crippen LogP contribution in [0, 0.1) is 0 Å². The van der Waals surface area contributed by atoms with Crippen molar-refractivity contribution in [3.05, 3.63) is 251 Å². The molecule has 9 aromatic carbocycles. The van der Waals surface area contributed by atoms with Gasteiger partial charge < -0.3 is 0 Å². The molecule has 0 amide bonds. The van der Waals surface area contributed by atoms with E-state index in [1.165, 1.54) is 113 Å². The van der Waals surface area contributed by atoms with Gasteiger partial charge in [0.05, 0.1) is 0 Å². The molecule has 0 heterocycles. The van der Waals surface area contributed by atoms with Crippen LogP contribution in [0.4, 0.5) is 0 Å². The highest BCUT2D eigenvalue weighted by Gasteiger charge is 2.19. The van der Waals surface area contributed by atoms with E-state index in [2.05, 4.69) is 238 Å². The van der Waals surface area contributed by atoms with E-state index in [9.17, 15) is 0 Å². The highest BCUT2D eigenvalue weighted by molar-refractivity contribution is 6.21. The van der Waals surface area contributed by atoms with Gasteiger partial charge in [-0.2, -0.15) is 0 Å². The molecule has 1 unspecified atom stereocenters. The van der Waals surface area contributed by atoms with Gasteiger partial charge in [0.2, 0.25) is 0 Å². The van der Waals surface area contributed by atoms with Crippen LogP contribution in [0.2, 0.25) is 0 Å². The van der Waals surface area contributed by atoms with E-state index in [1.54, 1.807) is 0 Å². The second-order valence-corrected chi connectivity index (χ2v) is 16.0. The van der Waals surface area contributed by atoms with Gasteiger partial charge in [0.25, 0.3) is 0 Å². The van der Waals surface area contributed by atoms with E-state index >= 15 is 0 Å². The number of rotatable bonds is 12. The molecule has 60 heavy (non-hydrogen) atoms. The molecule has 0 nitrogen and oxygen atoms in total. The van der Waals surface area contributed by atoms with Gasteiger partial charge in [-0.25, -0.2) is 0 Å².